The van der Waals surface area contributed by atoms with Crippen molar-refractivity contribution in [2.45, 2.75) is 106 Å². The largest absolute Gasteiger partial charge is 0.465 e. The van der Waals surface area contributed by atoms with Crippen molar-refractivity contribution >= 4 is 17.5 Å². The number of Topliss-reactive ketones (excluding diaryl/α,β-unsaturated/α-hetero) is 1. The highest BCUT2D eigenvalue weighted by Crippen LogP contribution is 2.74. The molecule has 6 rings (SSSR count). The molecule has 0 amide bonds. The van der Waals surface area contributed by atoms with Crippen LogP contribution < -0.4 is 0 Å². The number of nitrogens with zero attached hydrogens (tertiary/aromatic N) is 3. The molecule has 0 aliphatic heterocycles. The van der Waals surface area contributed by atoms with Gasteiger partial charge in [0.15, 0.2) is 17.4 Å². The molecule has 5 aliphatic carbocycles. The Hall–Kier alpha value is -3.08. The predicted octanol–water partition coefficient (Wildman–Crippen LogP) is 6.39. The first kappa shape index (κ1) is 30.0. The number of ether oxygens (including phenoxy) is 1. The van der Waals surface area contributed by atoms with E-state index in [1.165, 1.54) is 6.92 Å². The van der Waals surface area contributed by atoms with Gasteiger partial charge in [-0.15, -0.1) is 0 Å². The predicted molar refractivity (Wildman–Crippen MR) is 158 cm³/mol. The summed E-state index contributed by atoms with van der Waals surface area (Å²) < 4.78 is 11.4. The van der Waals surface area contributed by atoms with E-state index in [2.05, 4.69) is 45.8 Å². The third kappa shape index (κ3) is 3.88. The van der Waals surface area contributed by atoms with Gasteiger partial charge in [-0.25, -0.2) is 0 Å². The number of aryl methyl sites for hydroxylation is 1. The number of allylic oxidation sites excluding steroid dienone is 4. The van der Waals surface area contributed by atoms with E-state index >= 15 is 0 Å². The Kier molecular flexibility index (Phi) is 6.42. The number of carbonyl (C=O) groups excluding carboxylic acids is 3. The van der Waals surface area contributed by atoms with Crippen molar-refractivity contribution in [3.63, 3.8) is 0 Å². The van der Waals surface area contributed by atoms with Crippen LogP contribution >= 0.6 is 0 Å². The van der Waals surface area contributed by atoms with Gasteiger partial charge in [-0.1, -0.05) is 51.4 Å². The molecule has 0 bridgehead atoms. The summed E-state index contributed by atoms with van der Waals surface area (Å²) in [5.41, 5.74) is -1.59. The molecule has 0 radical (unpaired) electrons. The van der Waals surface area contributed by atoms with Crippen LogP contribution in [0, 0.1) is 63.1 Å². The van der Waals surface area contributed by atoms with E-state index in [4.69, 9.17) is 14.2 Å². The van der Waals surface area contributed by atoms with Gasteiger partial charge in [0.2, 0.25) is 5.89 Å². The van der Waals surface area contributed by atoms with Crippen LogP contribution in [0.3, 0.4) is 0 Å². The number of hydrogen-bond acceptors (Lipinski definition) is 8. The zero-order chi connectivity index (χ0) is 31.4. The van der Waals surface area contributed by atoms with Gasteiger partial charge in [0, 0.05) is 18.3 Å². The summed E-state index contributed by atoms with van der Waals surface area (Å²) in [5.74, 6) is 0.346. The lowest BCUT2D eigenvalue weighted by Gasteiger charge is -2.68. The summed E-state index contributed by atoms with van der Waals surface area (Å²) in [6.45, 7) is 16.3. The first-order chi connectivity index (χ1) is 20.0. The van der Waals surface area contributed by atoms with Crippen molar-refractivity contribution in [3.8, 4) is 6.07 Å². The number of hydrogen-bond donors (Lipinski definition) is 0. The number of ketones is 2. The molecule has 1 aromatic rings. The van der Waals surface area contributed by atoms with Crippen molar-refractivity contribution in [3.05, 3.63) is 35.0 Å². The van der Waals surface area contributed by atoms with Gasteiger partial charge in [-0.3, -0.25) is 14.4 Å². The van der Waals surface area contributed by atoms with Gasteiger partial charge in [-0.05, 0) is 93.0 Å². The zero-order valence-electron chi connectivity index (χ0n) is 26.9. The monoisotopic (exact) mass is 587 g/mol. The van der Waals surface area contributed by atoms with E-state index in [0.29, 0.717) is 11.7 Å². The lowest BCUT2D eigenvalue weighted by molar-refractivity contribution is -0.165. The maximum atomic E-state index is 14.7. The lowest BCUT2D eigenvalue weighted by atomic mass is 9.34. The Labute approximate surface area is 254 Å². The Bertz CT molecular complexity index is 1530. The van der Waals surface area contributed by atoms with Crippen molar-refractivity contribution in [2.24, 2.45) is 44.8 Å². The number of aromatic nitrogens is 2. The quantitative estimate of drug-likeness (QED) is 0.373. The highest BCUT2D eigenvalue weighted by molar-refractivity contribution is 6.05. The third-order valence-corrected chi connectivity index (χ3v) is 13.2. The molecule has 8 nitrogen and oxygen atoms in total. The molecule has 0 spiro atoms. The maximum Gasteiger partial charge on any atom is 0.302 e. The van der Waals surface area contributed by atoms with Crippen LogP contribution in [0.15, 0.2) is 27.8 Å². The molecule has 1 aromatic heterocycles. The molecule has 0 unspecified atom stereocenters. The average Bonchev–Trinajstić information content (AvgIpc) is 3.37. The summed E-state index contributed by atoms with van der Waals surface area (Å²) in [6.07, 6.45) is 9.84. The fourth-order valence-corrected chi connectivity index (χ4v) is 10.8. The number of nitriles is 1. The van der Waals surface area contributed by atoms with E-state index in [1.807, 2.05) is 26.0 Å². The van der Waals surface area contributed by atoms with Crippen LogP contribution in [-0.2, 0) is 24.5 Å². The van der Waals surface area contributed by atoms with Crippen LogP contribution in [0.4, 0.5) is 0 Å². The van der Waals surface area contributed by atoms with Gasteiger partial charge in [0.05, 0.1) is 16.4 Å². The van der Waals surface area contributed by atoms with Crippen LogP contribution in [0.1, 0.15) is 105 Å². The molecule has 3 saturated carbocycles. The van der Waals surface area contributed by atoms with Gasteiger partial charge in [0.25, 0.3) is 0 Å². The Morgan fingerprint density at radius 2 is 1.79 bits per heavy atom. The molecule has 5 aliphatic rings. The van der Waals surface area contributed by atoms with Gasteiger partial charge < -0.3 is 9.26 Å². The van der Waals surface area contributed by atoms with Crippen LogP contribution in [0.2, 0.25) is 0 Å². The highest BCUT2D eigenvalue weighted by Gasteiger charge is 2.71. The summed E-state index contributed by atoms with van der Waals surface area (Å²) in [7, 11) is 0. The standard InChI is InChI=1S/C35H45N3O5/c1-20-37-29(43-38-20)35-13-11-30(3,4)17-23(35)27-24(40)15-26-31(5)16-22(18-36)28(41)32(6,19-42-21(2)39)25(31)9-10-33(26,7)34(27,8)12-14-35/h15-16,23,25,27H,9-14,17,19H2,1-8H3/t23-,25+,27-,31-,32-,33+,34+,35-/m0/s1. The van der Waals surface area contributed by atoms with E-state index < -0.39 is 16.8 Å². The molecule has 0 saturated heterocycles. The zero-order valence-corrected chi connectivity index (χ0v) is 26.9. The minimum atomic E-state index is -1.06. The molecular weight excluding hydrogens is 542 g/mol. The Balaban J connectivity index is 1.51. The second-order valence-corrected chi connectivity index (χ2v) is 16.0. The van der Waals surface area contributed by atoms with E-state index in [9.17, 15) is 19.6 Å². The van der Waals surface area contributed by atoms with Gasteiger partial charge in [-0.2, -0.15) is 10.2 Å². The van der Waals surface area contributed by atoms with Crippen LogP contribution in [-0.4, -0.2) is 34.3 Å². The van der Waals surface area contributed by atoms with Crippen molar-refractivity contribution in [1.82, 2.24) is 10.1 Å². The second kappa shape index (κ2) is 9.22. The first-order valence-electron chi connectivity index (χ1n) is 15.9. The van der Waals surface area contributed by atoms with Crippen molar-refractivity contribution in [1.29, 1.82) is 5.26 Å². The van der Waals surface area contributed by atoms with Crippen molar-refractivity contribution in [2.75, 3.05) is 6.61 Å². The van der Waals surface area contributed by atoms with Crippen LogP contribution in [0.5, 0.6) is 0 Å². The molecule has 8 heteroatoms. The molecule has 3 fully saturated rings. The minimum absolute atomic E-state index is 0.0647. The third-order valence-electron chi connectivity index (χ3n) is 13.2. The topological polar surface area (TPSA) is 123 Å². The number of esters is 1. The fourth-order valence-electron chi connectivity index (χ4n) is 10.8. The smallest absolute Gasteiger partial charge is 0.302 e. The number of fused-ring (bicyclic) bond motifs is 7. The molecule has 1 heterocycles. The second-order valence-electron chi connectivity index (χ2n) is 16.0. The summed E-state index contributed by atoms with van der Waals surface area (Å²) in [4.78, 5) is 45.0. The number of rotatable bonds is 3. The van der Waals surface area contributed by atoms with Gasteiger partial charge in [0.1, 0.15) is 12.7 Å². The van der Waals surface area contributed by atoms with E-state index in [0.717, 1.165) is 50.5 Å². The SMILES string of the molecule is CC(=O)OC[C@]1(C)C(=O)C(C#N)=C[C@]2(C)C3=CC(=O)[C@@H]4[C@@H]5CC(C)(C)CC[C@]5(c5nc(C)no5)CC[C@@]4(C)[C@]3(C)CC[C@H]21. The molecule has 8 atom stereocenters. The summed E-state index contributed by atoms with van der Waals surface area (Å²) >= 11 is 0. The van der Waals surface area contributed by atoms with E-state index in [-0.39, 0.29) is 63.2 Å². The Morgan fingerprint density at radius 3 is 2.42 bits per heavy atom. The normalized spacial score (nSPS) is 43.2. The van der Waals surface area contributed by atoms with Crippen molar-refractivity contribution < 1.29 is 23.6 Å². The first-order valence-corrected chi connectivity index (χ1v) is 15.9. The molecule has 230 valence electrons. The minimum Gasteiger partial charge on any atom is -0.465 e. The fraction of sp³-hybridized carbons (Fsp3) is 0.714. The average molecular weight is 588 g/mol. The molecule has 43 heavy (non-hydrogen) atoms. The van der Waals surface area contributed by atoms with E-state index in [1.54, 1.807) is 0 Å². The molecule has 0 aromatic carbocycles. The Morgan fingerprint density at radius 1 is 1.09 bits per heavy atom. The highest BCUT2D eigenvalue weighted by atomic mass is 16.5. The lowest BCUT2D eigenvalue weighted by Crippen LogP contribution is -2.66. The van der Waals surface area contributed by atoms with Crippen LogP contribution in [0.25, 0.3) is 0 Å². The summed E-state index contributed by atoms with van der Waals surface area (Å²) in [5, 5.41) is 14.3. The molecular formula is C35H45N3O5. The maximum absolute atomic E-state index is 14.7. The number of carbonyl (C=O) groups is 3. The van der Waals surface area contributed by atoms with Gasteiger partial charge >= 0.3 is 5.97 Å². The summed E-state index contributed by atoms with van der Waals surface area (Å²) in [6, 6.07) is 2.15. The molecule has 0 N–H and O–H groups in total.